The maximum atomic E-state index is 2.48. The van der Waals surface area contributed by atoms with E-state index in [0.717, 1.165) is 0 Å². The minimum atomic E-state index is 1.17. The fraction of sp³-hybridized carbons (Fsp3) is 0. The molecule has 0 N–H and O–H groups in total. The molecule has 7 aromatic carbocycles. The van der Waals surface area contributed by atoms with Crippen molar-refractivity contribution in [3.63, 3.8) is 0 Å². The number of para-hydroxylation sites is 2. The Morgan fingerprint density at radius 1 is 0.311 bits per heavy atom. The molecule has 3 heteroatoms. The van der Waals surface area contributed by atoms with Crippen molar-refractivity contribution in [3.8, 4) is 22.5 Å². The van der Waals surface area contributed by atoms with Crippen molar-refractivity contribution < 1.29 is 0 Å². The van der Waals surface area contributed by atoms with Gasteiger partial charge in [0.2, 0.25) is 0 Å². The Labute approximate surface area is 263 Å². The van der Waals surface area contributed by atoms with E-state index in [2.05, 4.69) is 167 Å². The first-order valence-corrected chi connectivity index (χ1v) is 16.2. The number of rotatable bonds is 3. The number of benzene rings is 7. The summed E-state index contributed by atoms with van der Waals surface area (Å²) in [4.78, 5) is 0. The lowest BCUT2D eigenvalue weighted by atomic mass is 10.0. The second kappa shape index (κ2) is 9.43. The number of aromatic nitrogens is 2. The fourth-order valence-corrected chi connectivity index (χ4v) is 8.40. The molecule has 0 aliphatic heterocycles. The van der Waals surface area contributed by atoms with E-state index < -0.39 is 0 Å². The van der Waals surface area contributed by atoms with Crippen LogP contribution in [-0.2, 0) is 0 Å². The van der Waals surface area contributed by atoms with E-state index in [9.17, 15) is 0 Å². The summed E-state index contributed by atoms with van der Waals surface area (Å²) < 4.78 is 7.51. The standard InChI is InChI=1S/C42H26N2S/c1-3-11-27(12-4-1)28-19-21-32-35-25-36-33-16-8-10-18-41(33)45-42(36)26-40(35)44(39(32)23-28)30-20-22-38-34(24-30)31-15-7-9-17-37(31)43(38)29-13-5-2-6-14-29/h1-26H. The minimum Gasteiger partial charge on any atom is -0.309 e. The van der Waals surface area contributed by atoms with Crippen molar-refractivity contribution in [2.45, 2.75) is 0 Å². The molecule has 0 saturated carbocycles. The lowest BCUT2D eigenvalue weighted by molar-refractivity contribution is 1.17. The highest BCUT2D eigenvalue weighted by Gasteiger charge is 2.18. The van der Waals surface area contributed by atoms with Crippen LogP contribution in [0.15, 0.2) is 158 Å². The van der Waals surface area contributed by atoms with Gasteiger partial charge in [0.15, 0.2) is 0 Å². The topological polar surface area (TPSA) is 9.86 Å². The van der Waals surface area contributed by atoms with E-state index in [1.54, 1.807) is 0 Å². The van der Waals surface area contributed by atoms with Crippen molar-refractivity contribution >= 4 is 75.1 Å². The SMILES string of the molecule is c1ccc(-c2ccc3c4cc5c(cc4n(-c4ccc6c(c4)c4ccccc4n6-c4ccccc4)c3c2)sc2ccccc25)cc1. The van der Waals surface area contributed by atoms with E-state index in [0.29, 0.717) is 0 Å². The number of fused-ring (bicyclic) bond motifs is 9. The van der Waals surface area contributed by atoms with Gasteiger partial charge < -0.3 is 9.13 Å². The summed E-state index contributed by atoms with van der Waals surface area (Å²) in [5, 5.41) is 7.73. The van der Waals surface area contributed by atoms with Gasteiger partial charge in [-0.3, -0.25) is 0 Å². The van der Waals surface area contributed by atoms with Crippen LogP contribution in [-0.4, -0.2) is 9.13 Å². The molecule has 3 heterocycles. The minimum absolute atomic E-state index is 1.17. The first kappa shape index (κ1) is 24.8. The fourth-order valence-electron chi connectivity index (χ4n) is 7.28. The summed E-state index contributed by atoms with van der Waals surface area (Å²) in [6.45, 7) is 0. The first-order valence-electron chi connectivity index (χ1n) is 15.4. The summed E-state index contributed by atoms with van der Waals surface area (Å²) in [5.41, 5.74) is 9.68. The van der Waals surface area contributed by atoms with Crippen molar-refractivity contribution in [2.75, 3.05) is 0 Å². The maximum Gasteiger partial charge on any atom is 0.0555 e. The van der Waals surface area contributed by atoms with Gasteiger partial charge in [0.05, 0.1) is 22.1 Å². The van der Waals surface area contributed by atoms with Crippen LogP contribution in [0.2, 0.25) is 0 Å². The van der Waals surface area contributed by atoms with Gasteiger partial charge >= 0.3 is 0 Å². The Kier molecular flexibility index (Phi) is 5.19. The summed E-state index contributed by atoms with van der Waals surface area (Å²) in [7, 11) is 0. The Bertz CT molecular complexity index is 2740. The van der Waals surface area contributed by atoms with Gasteiger partial charge in [-0.15, -0.1) is 11.3 Å². The van der Waals surface area contributed by atoms with Crippen LogP contribution in [0, 0.1) is 0 Å². The zero-order valence-corrected chi connectivity index (χ0v) is 25.1. The number of nitrogens with zero attached hydrogens (tertiary/aromatic N) is 2. The van der Waals surface area contributed by atoms with E-state index in [1.807, 2.05) is 11.3 Å². The predicted octanol–water partition coefficient (Wildman–Crippen LogP) is 11.9. The lowest BCUT2D eigenvalue weighted by Crippen LogP contribution is -1.95. The molecule has 10 aromatic rings. The highest BCUT2D eigenvalue weighted by Crippen LogP contribution is 2.42. The molecule has 3 aromatic heterocycles. The van der Waals surface area contributed by atoms with E-state index in [1.165, 1.54) is 86.3 Å². The molecule has 10 rings (SSSR count). The molecule has 0 radical (unpaired) electrons. The molecule has 0 amide bonds. The lowest BCUT2D eigenvalue weighted by Gasteiger charge is -2.11. The van der Waals surface area contributed by atoms with Crippen molar-refractivity contribution in [2.24, 2.45) is 0 Å². The third-order valence-corrected chi connectivity index (χ3v) is 10.4. The highest BCUT2D eigenvalue weighted by atomic mass is 32.1. The van der Waals surface area contributed by atoms with Crippen LogP contribution < -0.4 is 0 Å². The first-order chi connectivity index (χ1) is 22.3. The molecule has 0 saturated heterocycles. The van der Waals surface area contributed by atoms with Gasteiger partial charge in [-0.05, 0) is 71.8 Å². The van der Waals surface area contributed by atoms with Crippen LogP contribution >= 0.6 is 11.3 Å². The maximum absolute atomic E-state index is 2.48. The van der Waals surface area contributed by atoms with Gasteiger partial charge in [0.25, 0.3) is 0 Å². The monoisotopic (exact) mass is 590 g/mol. The van der Waals surface area contributed by atoms with Gasteiger partial charge in [-0.25, -0.2) is 0 Å². The smallest absolute Gasteiger partial charge is 0.0555 e. The molecule has 0 spiro atoms. The van der Waals surface area contributed by atoms with Crippen LogP contribution in [0.3, 0.4) is 0 Å². The van der Waals surface area contributed by atoms with Crippen molar-refractivity contribution in [1.29, 1.82) is 0 Å². The second-order valence-corrected chi connectivity index (χ2v) is 12.9. The summed E-state index contributed by atoms with van der Waals surface area (Å²) in [6, 6.07) is 57.7. The largest absolute Gasteiger partial charge is 0.309 e. The quantitative estimate of drug-likeness (QED) is 0.194. The Hall–Kier alpha value is -5.64. The average Bonchev–Trinajstić information content (AvgIpc) is 3.74. The summed E-state index contributed by atoms with van der Waals surface area (Å²) in [5.74, 6) is 0. The molecule has 0 fully saturated rings. The zero-order valence-electron chi connectivity index (χ0n) is 24.3. The average molecular weight is 591 g/mol. The number of hydrogen-bond acceptors (Lipinski definition) is 1. The second-order valence-electron chi connectivity index (χ2n) is 11.8. The van der Waals surface area contributed by atoms with Gasteiger partial charge in [-0.1, -0.05) is 97.1 Å². The Morgan fingerprint density at radius 2 is 0.956 bits per heavy atom. The highest BCUT2D eigenvalue weighted by molar-refractivity contribution is 7.25. The molecule has 0 bridgehead atoms. The molecule has 0 aliphatic carbocycles. The molecule has 2 nitrogen and oxygen atoms in total. The molecular weight excluding hydrogens is 565 g/mol. The van der Waals surface area contributed by atoms with Crippen molar-refractivity contribution in [1.82, 2.24) is 9.13 Å². The molecule has 210 valence electrons. The van der Waals surface area contributed by atoms with Crippen LogP contribution in [0.4, 0.5) is 0 Å². The molecule has 0 unspecified atom stereocenters. The van der Waals surface area contributed by atoms with Gasteiger partial charge in [0.1, 0.15) is 0 Å². The number of thiophene rings is 1. The van der Waals surface area contributed by atoms with E-state index in [-0.39, 0.29) is 0 Å². The van der Waals surface area contributed by atoms with E-state index in [4.69, 9.17) is 0 Å². The van der Waals surface area contributed by atoms with E-state index >= 15 is 0 Å². The molecule has 0 atom stereocenters. The van der Waals surface area contributed by atoms with Gasteiger partial charge in [-0.2, -0.15) is 0 Å². The van der Waals surface area contributed by atoms with Crippen LogP contribution in [0.25, 0.3) is 86.3 Å². The molecule has 45 heavy (non-hydrogen) atoms. The van der Waals surface area contributed by atoms with Crippen LogP contribution in [0.5, 0.6) is 0 Å². The third-order valence-electron chi connectivity index (χ3n) is 9.30. The van der Waals surface area contributed by atoms with Crippen LogP contribution in [0.1, 0.15) is 0 Å². The predicted molar refractivity (Wildman–Crippen MR) is 193 cm³/mol. The summed E-state index contributed by atoms with van der Waals surface area (Å²) >= 11 is 1.88. The Balaban J connectivity index is 1.31. The molecule has 0 aliphatic rings. The number of hydrogen-bond donors (Lipinski definition) is 0. The Morgan fingerprint density at radius 3 is 1.82 bits per heavy atom. The zero-order chi connectivity index (χ0) is 29.5. The van der Waals surface area contributed by atoms with Gasteiger partial charge in [0, 0.05) is 53.1 Å². The normalized spacial score (nSPS) is 12.0. The molecular formula is C42H26N2S. The summed E-state index contributed by atoms with van der Waals surface area (Å²) in [6.07, 6.45) is 0. The van der Waals surface area contributed by atoms with Crippen molar-refractivity contribution in [3.05, 3.63) is 158 Å². The third kappa shape index (κ3) is 3.62.